The van der Waals surface area contributed by atoms with Crippen LogP contribution in [0.2, 0.25) is 0 Å². The largest absolute Gasteiger partial charge is 0.324 e. The van der Waals surface area contributed by atoms with Gasteiger partial charge in [-0.2, -0.15) is 0 Å². The molecule has 2 rings (SSSR count). The summed E-state index contributed by atoms with van der Waals surface area (Å²) in [5.74, 6) is -0.861. The van der Waals surface area contributed by atoms with E-state index in [0.717, 1.165) is 25.3 Å². The number of rotatable bonds is 4. The van der Waals surface area contributed by atoms with Crippen molar-refractivity contribution in [1.29, 1.82) is 0 Å². The van der Waals surface area contributed by atoms with Gasteiger partial charge >= 0.3 is 0 Å². The third kappa shape index (κ3) is 2.62. The molecule has 0 aliphatic heterocycles. The molecule has 17 heavy (non-hydrogen) atoms. The molecule has 1 aromatic heterocycles. The van der Waals surface area contributed by atoms with Crippen molar-refractivity contribution in [2.75, 3.05) is 6.54 Å². The van der Waals surface area contributed by atoms with E-state index in [-0.39, 0.29) is 6.54 Å². The maximum atomic E-state index is 13.3. The third-order valence-electron chi connectivity index (χ3n) is 2.94. The van der Waals surface area contributed by atoms with Crippen LogP contribution in [-0.4, -0.2) is 25.5 Å². The van der Waals surface area contributed by atoms with E-state index in [1.54, 1.807) is 0 Å². The zero-order valence-electron chi connectivity index (χ0n) is 9.19. The zero-order valence-corrected chi connectivity index (χ0v) is 10.0. The Morgan fingerprint density at radius 2 is 2.24 bits per heavy atom. The van der Waals surface area contributed by atoms with E-state index in [0.29, 0.717) is 0 Å². The smallest absolute Gasteiger partial charge is 0.261 e. The quantitative estimate of drug-likeness (QED) is 0.818. The lowest BCUT2D eigenvalue weighted by atomic mass is 9.78. The predicted octanol–water partition coefficient (Wildman–Crippen LogP) is 0.380. The van der Waals surface area contributed by atoms with Gasteiger partial charge in [-0.25, -0.2) is 22.5 Å². The summed E-state index contributed by atoms with van der Waals surface area (Å²) in [7, 11) is -3.92. The van der Waals surface area contributed by atoms with Crippen LogP contribution in [0.5, 0.6) is 0 Å². The molecule has 1 saturated carbocycles. The molecule has 94 valence electrons. The van der Waals surface area contributed by atoms with E-state index in [1.165, 1.54) is 12.3 Å². The van der Waals surface area contributed by atoms with E-state index in [9.17, 15) is 12.8 Å². The minimum atomic E-state index is -3.92. The number of nitrogens with two attached hydrogens (primary N) is 1. The lowest BCUT2D eigenvalue weighted by Crippen LogP contribution is -2.54. The summed E-state index contributed by atoms with van der Waals surface area (Å²) in [4.78, 5) is 3.53. The number of aromatic nitrogens is 1. The minimum Gasteiger partial charge on any atom is -0.324 e. The number of sulfonamides is 1. The molecule has 0 saturated heterocycles. The van der Waals surface area contributed by atoms with Gasteiger partial charge in [0, 0.05) is 18.3 Å². The summed E-state index contributed by atoms with van der Waals surface area (Å²) in [6.07, 6.45) is 3.79. The summed E-state index contributed by atoms with van der Waals surface area (Å²) in [6, 6.07) is 2.40. The molecule has 0 spiro atoms. The second-order valence-electron chi connectivity index (χ2n) is 4.33. The van der Waals surface area contributed by atoms with Crippen molar-refractivity contribution in [2.24, 2.45) is 5.73 Å². The molecule has 1 aliphatic rings. The van der Waals surface area contributed by atoms with Gasteiger partial charge in [-0.05, 0) is 31.4 Å². The Bertz CT molecular complexity index is 514. The van der Waals surface area contributed by atoms with Crippen molar-refractivity contribution in [3.63, 3.8) is 0 Å². The second kappa shape index (κ2) is 4.32. The van der Waals surface area contributed by atoms with Crippen molar-refractivity contribution in [3.8, 4) is 0 Å². The Labute approximate surface area is 99.3 Å². The van der Waals surface area contributed by atoms with E-state index in [1.807, 2.05) is 0 Å². The SMILES string of the molecule is NC1(CNS(=O)(=O)c2ncccc2F)CCC1. The Balaban J connectivity index is 2.12. The molecule has 0 aromatic carbocycles. The van der Waals surface area contributed by atoms with E-state index in [2.05, 4.69) is 9.71 Å². The molecule has 1 aromatic rings. The molecule has 1 aliphatic carbocycles. The standard InChI is InChI=1S/C10H14FN3O2S/c11-8-3-1-6-13-9(8)17(15,16)14-7-10(12)4-2-5-10/h1,3,6,14H,2,4-5,7,12H2. The third-order valence-corrected chi connectivity index (χ3v) is 4.28. The average molecular weight is 259 g/mol. The number of nitrogens with zero attached hydrogens (tertiary/aromatic N) is 1. The molecule has 0 unspecified atom stereocenters. The van der Waals surface area contributed by atoms with Crippen LogP contribution in [-0.2, 0) is 10.0 Å². The number of halogens is 1. The molecule has 0 bridgehead atoms. The maximum Gasteiger partial charge on any atom is 0.261 e. The van der Waals surface area contributed by atoms with E-state index >= 15 is 0 Å². The summed E-state index contributed by atoms with van der Waals surface area (Å²) < 4.78 is 39.1. The predicted molar refractivity (Wildman–Crippen MR) is 60.2 cm³/mol. The highest BCUT2D eigenvalue weighted by Gasteiger charge is 2.34. The van der Waals surface area contributed by atoms with Crippen molar-refractivity contribution in [2.45, 2.75) is 29.8 Å². The zero-order chi connectivity index (χ0) is 12.5. The van der Waals surface area contributed by atoms with Gasteiger partial charge in [0.25, 0.3) is 10.0 Å². The van der Waals surface area contributed by atoms with Crippen LogP contribution in [0.4, 0.5) is 4.39 Å². The van der Waals surface area contributed by atoms with Crippen LogP contribution in [0.25, 0.3) is 0 Å². The summed E-state index contributed by atoms with van der Waals surface area (Å²) >= 11 is 0. The molecule has 0 radical (unpaired) electrons. The van der Waals surface area contributed by atoms with Crippen molar-refractivity contribution in [3.05, 3.63) is 24.1 Å². The molecule has 5 nitrogen and oxygen atoms in total. The lowest BCUT2D eigenvalue weighted by Gasteiger charge is -2.37. The van der Waals surface area contributed by atoms with Crippen LogP contribution in [0, 0.1) is 5.82 Å². The van der Waals surface area contributed by atoms with Gasteiger partial charge in [0.1, 0.15) is 0 Å². The van der Waals surface area contributed by atoms with Gasteiger partial charge in [0.15, 0.2) is 5.82 Å². The Morgan fingerprint density at radius 1 is 1.53 bits per heavy atom. The van der Waals surface area contributed by atoms with Gasteiger partial charge in [-0.1, -0.05) is 0 Å². The maximum absolute atomic E-state index is 13.3. The second-order valence-corrected chi connectivity index (χ2v) is 6.01. The molecule has 3 N–H and O–H groups in total. The number of hydrogen-bond donors (Lipinski definition) is 2. The normalized spacial score (nSPS) is 18.7. The Kier molecular flexibility index (Phi) is 3.15. The minimum absolute atomic E-state index is 0.116. The van der Waals surface area contributed by atoms with Crippen molar-refractivity contribution >= 4 is 10.0 Å². The van der Waals surface area contributed by atoms with Gasteiger partial charge in [-0.3, -0.25) is 0 Å². The molecule has 0 amide bonds. The van der Waals surface area contributed by atoms with Gasteiger partial charge in [0.05, 0.1) is 0 Å². The summed E-state index contributed by atoms with van der Waals surface area (Å²) in [5.41, 5.74) is 5.40. The Morgan fingerprint density at radius 3 is 2.76 bits per heavy atom. The molecule has 1 heterocycles. The van der Waals surface area contributed by atoms with Crippen LogP contribution in [0.15, 0.2) is 23.4 Å². The highest BCUT2D eigenvalue weighted by Crippen LogP contribution is 2.28. The first-order valence-electron chi connectivity index (χ1n) is 5.32. The molecule has 7 heteroatoms. The monoisotopic (exact) mass is 259 g/mol. The summed E-state index contributed by atoms with van der Waals surface area (Å²) in [6.45, 7) is 0.116. The topological polar surface area (TPSA) is 85.1 Å². The molecular formula is C10H14FN3O2S. The Hall–Kier alpha value is -1.05. The highest BCUT2D eigenvalue weighted by atomic mass is 32.2. The number of pyridine rings is 1. The van der Waals surface area contributed by atoms with Crippen LogP contribution >= 0.6 is 0 Å². The average Bonchev–Trinajstić information content (AvgIpc) is 2.24. The molecule has 0 atom stereocenters. The van der Waals surface area contributed by atoms with E-state index < -0.39 is 26.4 Å². The first kappa shape index (κ1) is 12.4. The first-order chi connectivity index (χ1) is 7.93. The fourth-order valence-corrected chi connectivity index (χ4v) is 2.82. The van der Waals surface area contributed by atoms with Gasteiger partial charge in [0.2, 0.25) is 5.03 Å². The summed E-state index contributed by atoms with van der Waals surface area (Å²) in [5, 5.41) is -0.581. The van der Waals surface area contributed by atoms with Crippen LogP contribution in [0.3, 0.4) is 0 Å². The molecule has 1 fully saturated rings. The number of hydrogen-bond acceptors (Lipinski definition) is 4. The fraction of sp³-hybridized carbons (Fsp3) is 0.500. The highest BCUT2D eigenvalue weighted by molar-refractivity contribution is 7.89. The van der Waals surface area contributed by atoms with Crippen LogP contribution in [0.1, 0.15) is 19.3 Å². The van der Waals surface area contributed by atoms with E-state index in [4.69, 9.17) is 5.73 Å². The fourth-order valence-electron chi connectivity index (χ4n) is 1.68. The molecular weight excluding hydrogens is 245 g/mol. The van der Waals surface area contributed by atoms with Crippen LogP contribution < -0.4 is 10.5 Å². The lowest BCUT2D eigenvalue weighted by molar-refractivity contribution is 0.251. The van der Waals surface area contributed by atoms with Crippen molar-refractivity contribution in [1.82, 2.24) is 9.71 Å². The number of nitrogens with one attached hydrogen (secondary N) is 1. The van der Waals surface area contributed by atoms with Crippen molar-refractivity contribution < 1.29 is 12.8 Å². The van der Waals surface area contributed by atoms with Gasteiger partial charge in [-0.15, -0.1) is 0 Å². The van der Waals surface area contributed by atoms with Gasteiger partial charge < -0.3 is 5.73 Å². The first-order valence-corrected chi connectivity index (χ1v) is 6.80.